The topological polar surface area (TPSA) is 191 Å². The minimum absolute atomic E-state index is 0. The SMILES string of the molecule is BrC1C=CCCC1.Brc1ccc(OC2C=CCCC2)cc1.Brc1ccc2oc3c(c2c1)CCCC3Nc1ccccc1.C.CCN(CC)c1ccccc1.O=C1CCCc2c1oc1ccc(Br)cc21.O=CO[O-].OC1CCCc2c1oc1ccc(Br)cc21.Oc1ccc(Br)cc1.Oc1ccc(Br)cc1C1C=CCCC1.[2H]CF.[2H][2H].[H-].[HH].[K+].[K+]. The average Bonchev–Trinajstić information content (AvgIpc) is 1.64. The third-order valence-electron chi connectivity index (χ3n) is 18.9. The van der Waals surface area contributed by atoms with Gasteiger partial charge in [-0.2, -0.15) is 0 Å². The number of nitrogens with zero attached hydrogens (tertiary/aromatic N) is 1. The quantitative estimate of drug-likeness (QED) is 0.0267. The predicted octanol–water partition coefficient (Wildman–Crippen LogP) is 22.3. The number of allylic oxidation sites excluding steroid dienone is 5. The second-order valence-corrected chi connectivity index (χ2v) is 33.2. The maximum Gasteiger partial charge on any atom is 1.00 e. The van der Waals surface area contributed by atoms with Crippen molar-refractivity contribution < 1.29 is 167 Å². The van der Waals surface area contributed by atoms with E-state index in [9.17, 15) is 19.4 Å². The molecule has 13 nitrogen and oxygen atoms in total. The van der Waals surface area contributed by atoms with E-state index in [1.165, 1.54) is 73.6 Å². The molecule has 17 rings (SSSR count). The second kappa shape index (κ2) is 55.2. The standard InChI is InChI=1S/C18H16BrNO.C12H11BrO2.C12H9BrO2.2C12H13BrO.C10H15N.C6H5BrO.C6H9Br.CH3F.CH2O3.CH4.2K.2H2.H/c19-12-9-10-17-15(11-12)14-7-4-8-16(18(14)21-17)20-13-5-2-1-3-6-13;2*13-7-4-5-11-9(6-7)8-2-1-3-10(14)12(8)15-11;13-10-6-8-12(9-7-10)14-11-4-2-1-3-5-11;13-10-6-7-12(14)11(8-10)9-4-2-1-3-5-9;1-3-11(4-2)10-8-6-5-7-9-10;7-5-1-3-6(8)4-2-5;7-6-4-2-1-3-5-6;1-2;2-1-4-3;;;;;;/h1-3,5-6,9-11,16,20H,4,7-8H2;4-6,10,14H,1-3H2;4-6H,1-3H2;2,4,6-9,11H,1,3,5H2;2,4,6-9,14H,1,3,5H2;5-9H,3-4H2,1-2H3;1-4,8H;2,4,6H,1,3,5H2;1H3;1,3H;1H4;;;2*1H;/q;;;;;;;;;;;2*+1;;;-1/p-1/i;;;;;;;;1D;;;;;1+1D;;. The molecular formula is C91H104Br7FK2N2O11. The number of anilines is 2. The van der Waals surface area contributed by atoms with Crippen molar-refractivity contribution in [2.75, 3.05) is 30.5 Å². The summed E-state index contributed by atoms with van der Waals surface area (Å²) in [6, 6.07) is 59.7. The van der Waals surface area contributed by atoms with Crippen LogP contribution < -0.4 is 123 Å². The largest absolute Gasteiger partial charge is 1.00 e. The molecule has 0 aliphatic heterocycles. The van der Waals surface area contributed by atoms with Crippen molar-refractivity contribution in [3.63, 3.8) is 0 Å². The smallest absolute Gasteiger partial charge is 1.00 e. The fourth-order valence-corrected chi connectivity index (χ4v) is 16.0. The van der Waals surface area contributed by atoms with Crippen LogP contribution >= 0.6 is 112 Å². The summed E-state index contributed by atoms with van der Waals surface area (Å²) in [5.41, 5.74) is 9.83. The van der Waals surface area contributed by atoms with Gasteiger partial charge >= 0.3 is 103 Å². The first-order valence-electron chi connectivity index (χ1n) is 39.1. The Hall–Kier alpha value is -3.78. The van der Waals surface area contributed by atoms with Crippen LogP contribution in [0.4, 0.5) is 15.8 Å². The van der Waals surface area contributed by atoms with Crippen LogP contribution in [-0.4, -0.2) is 58.7 Å². The zero-order valence-corrected chi connectivity index (χ0v) is 81.5. The molecule has 0 saturated heterocycles. The monoisotopic (exact) mass is 2050 g/mol. The Kier molecular flexibility index (Phi) is 47.1. The number of carbonyl (C=O) groups excluding carboxylic acids is 2. The van der Waals surface area contributed by atoms with Crippen molar-refractivity contribution in [2.24, 2.45) is 0 Å². The number of alkyl halides is 2. The summed E-state index contributed by atoms with van der Waals surface area (Å²) in [6.07, 6.45) is 32.9. The van der Waals surface area contributed by atoms with Gasteiger partial charge in [0.05, 0.1) is 14.6 Å². The molecule has 0 saturated carbocycles. The molecular weight excluding hydrogens is 1950 g/mol. The number of ketones is 1. The first-order chi connectivity index (χ1) is 55.3. The molecule has 8 aromatic carbocycles. The Morgan fingerprint density at radius 1 is 0.596 bits per heavy atom. The number of aryl methyl sites for hydroxylation is 3. The molecule has 0 fully saturated rings. The molecule has 6 aliphatic rings. The van der Waals surface area contributed by atoms with Crippen molar-refractivity contribution in [3.8, 4) is 17.2 Å². The molecule has 602 valence electrons. The molecule has 0 radical (unpaired) electrons. The fourth-order valence-electron chi connectivity index (χ4n) is 13.5. The van der Waals surface area contributed by atoms with E-state index in [0.717, 1.165) is 159 Å². The first-order valence-corrected chi connectivity index (χ1v) is 43.0. The van der Waals surface area contributed by atoms with E-state index in [0.29, 0.717) is 34.4 Å². The Bertz CT molecular complexity index is 4760. The van der Waals surface area contributed by atoms with Gasteiger partial charge in [-0.1, -0.05) is 186 Å². The van der Waals surface area contributed by atoms with Gasteiger partial charge in [-0.05, 0) is 275 Å². The number of nitrogens with one attached hydrogen (secondary N) is 1. The van der Waals surface area contributed by atoms with Crippen LogP contribution in [0.1, 0.15) is 187 Å². The van der Waals surface area contributed by atoms with E-state index in [4.69, 9.17) is 37.5 Å². The summed E-state index contributed by atoms with van der Waals surface area (Å²) in [6.45, 7) is 6.34. The number of aromatic hydroxyl groups is 2. The number of aliphatic hydroxyl groups is 1. The summed E-state index contributed by atoms with van der Waals surface area (Å²) < 4.78 is 55.0. The number of hydrogen-bond acceptors (Lipinski definition) is 13. The zero-order valence-electron chi connectivity index (χ0n) is 68.2. The number of rotatable bonds is 9. The summed E-state index contributed by atoms with van der Waals surface area (Å²) in [5, 5.41) is 43.8. The van der Waals surface area contributed by atoms with Crippen molar-refractivity contribution in [1.29, 1.82) is 0 Å². The first kappa shape index (κ1) is 97.3. The van der Waals surface area contributed by atoms with Gasteiger partial charge in [0, 0.05) is 111 Å². The number of phenolic OH excluding ortho intramolecular Hbond substituents is 2. The number of para-hydroxylation sites is 2. The Morgan fingerprint density at radius 3 is 1.58 bits per heavy atom. The van der Waals surface area contributed by atoms with Gasteiger partial charge in [0.25, 0.3) is 6.47 Å². The van der Waals surface area contributed by atoms with Gasteiger partial charge in [-0.25, -0.2) is 0 Å². The number of halogens is 8. The van der Waals surface area contributed by atoms with E-state index in [2.05, 4.69) is 244 Å². The number of ether oxygens (including phenoxy) is 1. The number of carbonyl (C=O) groups is 2. The van der Waals surface area contributed by atoms with Crippen molar-refractivity contribution in [1.82, 2.24) is 0 Å². The third-order valence-corrected chi connectivity index (χ3v) is 22.7. The molecule has 0 spiro atoms. The normalized spacial score (nSPS) is 17.0. The van der Waals surface area contributed by atoms with Gasteiger partial charge in [0.2, 0.25) is 0 Å². The van der Waals surface area contributed by atoms with E-state index < -0.39 is 13.3 Å². The van der Waals surface area contributed by atoms with E-state index in [1.807, 2.05) is 84.9 Å². The Labute approximate surface area is 822 Å². The van der Waals surface area contributed by atoms with Crippen LogP contribution in [0.3, 0.4) is 0 Å². The van der Waals surface area contributed by atoms with E-state index >= 15 is 0 Å². The van der Waals surface area contributed by atoms with Crippen molar-refractivity contribution in [3.05, 3.63) is 285 Å². The maximum atomic E-state index is 11.6. The molecule has 5 atom stereocenters. The molecule has 4 N–H and O–H groups in total. The van der Waals surface area contributed by atoms with Gasteiger partial charge < -0.3 is 55.1 Å². The van der Waals surface area contributed by atoms with Crippen LogP contribution in [0.5, 0.6) is 17.2 Å². The molecule has 23 heteroatoms. The van der Waals surface area contributed by atoms with Crippen LogP contribution in [0.15, 0.2) is 259 Å². The Morgan fingerprint density at radius 2 is 1.07 bits per heavy atom. The molecule has 3 heterocycles. The van der Waals surface area contributed by atoms with Gasteiger partial charge in [0.15, 0.2) is 11.5 Å². The summed E-state index contributed by atoms with van der Waals surface area (Å²) in [5.74, 6) is 4.65. The van der Waals surface area contributed by atoms with Crippen LogP contribution in [-0.2, 0) is 28.9 Å². The van der Waals surface area contributed by atoms with Crippen LogP contribution in [0.25, 0.3) is 32.9 Å². The number of furan rings is 3. The predicted molar refractivity (Wildman–Crippen MR) is 484 cm³/mol. The molecule has 114 heavy (non-hydrogen) atoms. The minimum atomic E-state index is -1.00. The number of fused-ring (bicyclic) bond motifs is 9. The summed E-state index contributed by atoms with van der Waals surface area (Å²) in [4.78, 5) is 25.9. The van der Waals surface area contributed by atoms with Gasteiger partial charge in [-0.3, -0.25) is 14.0 Å². The maximum absolute atomic E-state index is 11.6. The Balaban J connectivity index is 0.000000458. The molecule has 3 aromatic heterocycles. The van der Waals surface area contributed by atoms with Crippen molar-refractivity contribution in [2.45, 2.75) is 166 Å². The van der Waals surface area contributed by atoms with Gasteiger partial charge in [-0.15, -0.1) is 0 Å². The average molecular weight is 2060 g/mol. The van der Waals surface area contributed by atoms with Crippen LogP contribution in [0, 0.1) is 0 Å². The zero-order chi connectivity index (χ0) is 82.2. The number of hydrogen-bond donors (Lipinski definition) is 4. The second-order valence-electron chi connectivity index (χ2n) is 26.6. The fraction of sp³-hybridized carbons (Fsp3) is 0.319. The molecule has 0 bridgehead atoms. The minimum Gasteiger partial charge on any atom is -1.00 e. The molecule has 5 unspecified atom stereocenters. The summed E-state index contributed by atoms with van der Waals surface area (Å²) in [7, 11) is -1.00. The van der Waals surface area contributed by atoms with Crippen molar-refractivity contribution >= 4 is 168 Å². The van der Waals surface area contributed by atoms with Crippen LogP contribution in [0.2, 0.25) is 0 Å². The number of Topliss-reactive ketones (excluding diaryl/α,β-unsaturated/α-hetero) is 1. The molecule has 6 aliphatic carbocycles. The van der Waals surface area contributed by atoms with Gasteiger partial charge in [0.1, 0.15) is 57.7 Å². The number of phenols is 2. The molecule has 0 amide bonds. The number of benzene rings is 8. The summed E-state index contributed by atoms with van der Waals surface area (Å²) >= 11 is 24.0. The van der Waals surface area contributed by atoms with E-state index in [1.54, 1.807) is 30.3 Å². The van der Waals surface area contributed by atoms with E-state index in [-0.39, 0.29) is 137 Å². The third kappa shape index (κ3) is 32.6. The number of aliphatic hydroxyl groups excluding tert-OH is 1. The molecule has 11 aromatic rings.